The molecule has 1 aliphatic rings. The van der Waals surface area contributed by atoms with E-state index in [9.17, 15) is 14.0 Å². The van der Waals surface area contributed by atoms with E-state index in [2.05, 4.69) is 5.32 Å². The van der Waals surface area contributed by atoms with Crippen LogP contribution in [-0.2, 0) is 22.6 Å². The molecule has 7 heteroatoms. The van der Waals surface area contributed by atoms with Crippen LogP contribution in [0.25, 0.3) is 0 Å². The van der Waals surface area contributed by atoms with Gasteiger partial charge in [-0.05, 0) is 43.5 Å². The minimum Gasteiger partial charge on any atom is -0.352 e. The minimum absolute atomic E-state index is 0.0606. The summed E-state index contributed by atoms with van der Waals surface area (Å²) in [7, 11) is 0. The molecule has 2 amide bonds. The standard InChI is InChI=1S/C23H25Cl2FN2O2/c1-15(23(30)27-17-8-3-4-9-17)28(14-18-19(24)10-6-11-20(18)25)22(29)13-16-7-2-5-12-21(16)26/h2,5-7,10-12,15,17H,3-4,8-9,13-14H2,1H3,(H,27,30)/t15-/m1/s1. The van der Waals surface area contributed by atoms with Crippen molar-refractivity contribution in [3.05, 3.63) is 69.5 Å². The highest BCUT2D eigenvalue weighted by atomic mass is 35.5. The molecule has 2 aromatic carbocycles. The van der Waals surface area contributed by atoms with E-state index in [-0.39, 0.29) is 36.4 Å². The van der Waals surface area contributed by atoms with Gasteiger partial charge in [-0.15, -0.1) is 0 Å². The Balaban J connectivity index is 1.84. The molecule has 0 aromatic heterocycles. The number of nitrogens with one attached hydrogen (secondary N) is 1. The van der Waals surface area contributed by atoms with Gasteiger partial charge in [-0.2, -0.15) is 0 Å². The third kappa shape index (κ3) is 5.52. The molecule has 0 radical (unpaired) electrons. The molecule has 1 N–H and O–H groups in total. The molecule has 3 rings (SSSR count). The molecule has 0 saturated heterocycles. The molecule has 0 spiro atoms. The van der Waals surface area contributed by atoms with Crippen molar-refractivity contribution >= 4 is 35.0 Å². The predicted octanol–water partition coefficient (Wildman–Crippen LogP) is 5.15. The largest absolute Gasteiger partial charge is 0.352 e. The number of halogens is 3. The fourth-order valence-corrected chi connectivity index (χ4v) is 4.25. The summed E-state index contributed by atoms with van der Waals surface area (Å²) >= 11 is 12.6. The first-order chi connectivity index (χ1) is 14.4. The topological polar surface area (TPSA) is 49.4 Å². The van der Waals surface area contributed by atoms with E-state index >= 15 is 0 Å². The highest BCUT2D eigenvalue weighted by molar-refractivity contribution is 6.36. The first-order valence-electron chi connectivity index (χ1n) is 10.1. The van der Waals surface area contributed by atoms with Gasteiger partial charge in [0.25, 0.3) is 0 Å². The summed E-state index contributed by atoms with van der Waals surface area (Å²) in [5.74, 6) is -1.05. The summed E-state index contributed by atoms with van der Waals surface area (Å²) in [6.45, 7) is 1.74. The number of amides is 2. The van der Waals surface area contributed by atoms with Crippen molar-refractivity contribution in [1.82, 2.24) is 10.2 Å². The second-order valence-corrected chi connectivity index (χ2v) is 8.47. The van der Waals surface area contributed by atoms with E-state index in [4.69, 9.17) is 23.2 Å². The number of hydrogen-bond donors (Lipinski definition) is 1. The van der Waals surface area contributed by atoms with Gasteiger partial charge in [-0.25, -0.2) is 4.39 Å². The quantitative estimate of drug-likeness (QED) is 0.633. The second kappa shape index (κ2) is 10.3. The van der Waals surface area contributed by atoms with Gasteiger partial charge in [0.05, 0.1) is 6.42 Å². The second-order valence-electron chi connectivity index (χ2n) is 7.66. The van der Waals surface area contributed by atoms with Gasteiger partial charge in [0.15, 0.2) is 0 Å². The van der Waals surface area contributed by atoms with Gasteiger partial charge >= 0.3 is 0 Å². The molecule has 4 nitrogen and oxygen atoms in total. The number of benzene rings is 2. The van der Waals surface area contributed by atoms with E-state index < -0.39 is 11.9 Å². The smallest absolute Gasteiger partial charge is 0.242 e. The average molecular weight is 451 g/mol. The van der Waals surface area contributed by atoms with Crippen LogP contribution in [-0.4, -0.2) is 28.8 Å². The van der Waals surface area contributed by atoms with E-state index in [0.717, 1.165) is 25.7 Å². The van der Waals surface area contributed by atoms with Gasteiger partial charge in [0.1, 0.15) is 11.9 Å². The average Bonchev–Trinajstić information content (AvgIpc) is 3.22. The summed E-state index contributed by atoms with van der Waals surface area (Å²) in [5, 5.41) is 3.85. The van der Waals surface area contributed by atoms with E-state index in [0.29, 0.717) is 15.6 Å². The van der Waals surface area contributed by atoms with Crippen LogP contribution < -0.4 is 5.32 Å². The Morgan fingerprint density at radius 1 is 1.10 bits per heavy atom. The highest BCUT2D eigenvalue weighted by Crippen LogP contribution is 2.27. The Kier molecular flexibility index (Phi) is 7.73. The fourth-order valence-electron chi connectivity index (χ4n) is 3.73. The van der Waals surface area contributed by atoms with E-state index in [1.165, 1.54) is 11.0 Å². The van der Waals surface area contributed by atoms with Gasteiger partial charge < -0.3 is 10.2 Å². The molecule has 0 bridgehead atoms. The van der Waals surface area contributed by atoms with Gasteiger partial charge in [0.2, 0.25) is 11.8 Å². The Morgan fingerprint density at radius 2 is 1.73 bits per heavy atom. The Bertz CT molecular complexity index is 896. The Labute approximate surface area is 186 Å². The van der Waals surface area contributed by atoms with Crippen molar-refractivity contribution in [1.29, 1.82) is 0 Å². The molecule has 1 atom stereocenters. The monoisotopic (exact) mass is 450 g/mol. The number of hydrogen-bond acceptors (Lipinski definition) is 2. The molecule has 2 aromatic rings. The molecule has 30 heavy (non-hydrogen) atoms. The lowest BCUT2D eigenvalue weighted by molar-refractivity contribution is -0.140. The summed E-state index contributed by atoms with van der Waals surface area (Å²) in [6.07, 6.45) is 3.90. The molecule has 0 aliphatic heterocycles. The van der Waals surface area contributed by atoms with Crippen molar-refractivity contribution < 1.29 is 14.0 Å². The summed E-state index contributed by atoms with van der Waals surface area (Å²) in [5.41, 5.74) is 0.837. The van der Waals surface area contributed by atoms with Crippen LogP contribution in [0.15, 0.2) is 42.5 Å². The summed E-state index contributed by atoms with van der Waals surface area (Å²) < 4.78 is 14.1. The van der Waals surface area contributed by atoms with Gasteiger partial charge in [0, 0.05) is 28.2 Å². The number of nitrogens with zero attached hydrogens (tertiary/aromatic N) is 1. The number of carbonyl (C=O) groups excluding carboxylic acids is 2. The zero-order valence-corrected chi connectivity index (χ0v) is 18.3. The molecule has 1 saturated carbocycles. The van der Waals surface area contributed by atoms with Crippen molar-refractivity contribution in [3.63, 3.8) is 0 Å². The maximum Gasteiger partial charge on any atom is 0.242 e. The van der Waals surface area contributed by atoms with Crippen molar-refractivity contribution in [3.8, 4) is 0 Å². The SMILES string of the molecule is C[C@H](C(=O)NC1CCCC1)N(Cc1c(Cl)cccc1Cl)C(=O)Cc1ccccc1F. The zero-order valence-electron chi connectivity index (χ0n) is 16.8. The minimum atomic E-state index is -0.753. The van der Waals surface area contributed by atoms with Crippen LogP contribution in [0.5, 0.6) is 0 Å². The Hall–Kier alpha value is -2.11. The van der Waals surface area contributed by atoms with Crippen molar-refractivity contribution in [2.24, 2.45) is 0 Å². The lowest BCUT2D eigenvalue weighted by Crippen LogP contribution is -2.50. The summed E-state index contributed by atoms with van der Waals surface area (Å²) in [6, 6.07) is 10.6. The highest BCUT2D eigenvalue weighted by Gasteiger charge is 2.29. The Morgan fingerprint density at radius 3 is 2.37 bits per heavy atom. The zero-order chi connectivity index (χ0) is 21.7. The van der Waals surface area contributed by atoms with Crippen LogP contribution in [0, 0.1) is 5.82 Å². The molecular formula is C23H25Cl2FN2O2. The third-order valence-electron chi connectivity index (χ3n) is 5.56. The van der Waals surface area contributed by atoms with Crippen LogP contribution in [0.1, 0.15) is 43.7 Å². The van der Waals surface area contributed by atoms with Crippen LogP contribution in [0.3, 0.4) is 0 Å². The molecular weight excluding hydrogens is 426 g/mol. The molecule has 160 valence electrons. The summed E-state index contributed by atoms with van der Waals surface area (Å²) in [4.78, 5) is 27.5. The van der Waals surface area contributed by atoms with Crippen molar-refractivity contribution in [2.45, 2.75) is 57.7 Å². The molecule has 1 aliphatic carbocycles. The maximum atomic E-state index is 14.1. The maximum absolute atomic E-state index is 14.1. The predicted molar refractivity (Wildman–Crippen MR) is 117 cm³/mol. The normalized spacial score (nSPS) is 15.1. The first kappa shape index (κ1) is 22.6. The van der Waals surface area contributed by atoms with E-state index in [1.54, 1.807) is 43.3 Å². The van der Waals surface area contributed by atoms with Crippen LogP contribution in [0.2, 0.25) is 10.0 Å². The van der Waals surface area contributed by atoms with Crippen LogP contribution >= 0.6 is 23.2 Å². The van der Waals surface area contributed by atoms with Gasteiger partial charge in [-0.1, -0.05) is 60.3 Å². The lowest BCUT2D eigenvalue weighted by atomic mass is 10.1. The molecule has 0 heterocycles. The number of carbonyl (C=O) groups is 2. The van der Waals surface area contributed by atoms with E-state index in [1.807, 2.05) is 0 Å². The third-order valence-corrected chi connectivity index (χ3v) is 6.27. The van der Waals surface area contributed by atoms with Crippen molar-refractivity contribution in [2.75, 3.05) is 0 Å². The first-order valence-corrected chi connectivity index (χ1v) is 10.9. The molecule has 1 fully saturated rings. The number of rotatable bonds is 7. The van der Waals surface area contributed by atoms with Gasteiger partial charge in [-0.3, -0.25) is 9.59 Å². The molecule has 0 unspecified atom stereocenters. The van der Waals surface area contributed by atoms with Crippen LogP contribution in [0.4, 0.5) is 4.39 Å². The lowest BCUT2D eigenvalue weighted by Gasteiger charge is -2.30. The fraction of sp³-hybridized carbons (Fsp3) is 0.391.